The summed E-state index contributed by atoms with van der Waals surface area (Å²) < 4.78 is 10.4. The lowest BCUT2D eigenvalue weighted by molar-refractivity contribution is -0.152. The Morgan fingerprint density at radius 2 is 0.500 bits per heavy atom. The van der Waals surface area contributed by atoms with Crippen LogP contribution in [0.15, 0.2) is 0 Å². The lowest BCUT2D eigenvalue weighted by atomic mass is 10.0. The van der Waals surface area contributed by atoms with Gasteiger partial charge in [-0.1, -0.05) is 245 Å². The summed E-state index contributed by atoms with van der Waals surface area (Å²) in [4.78, 5) is 24.0. The van der Waals surface area contributed by atoms with E-state index in [0.29, 0.717) is 12.8 Å². The van der Waals surface area contributed by atoms with Crippen LogP contribution in [-0.4, -0.2) is 36.4 Å². The van der Waals surface area contributed by atoms with Crippen LogP contribution in [0, 0.1) is 0 Å². The van der Waals surface area contributed by atoms with Gasteiger partial charge in [-0.05, 0) is 12.8 Å². The predicted octanol–water partition coefficient (Wildman–Crippen LogP) is 15.1. The first-order valence-corrected chi connectivity index (χ1v) is 23.6. The first-order chi connectivity index (χ1) is 25.6. The van der Waals surface area contributed by atoms with Gasteiger partial charge in [-0.25, -0.2) is 0 Å². The molecular formula is C47H92O5. The van der Waals surface area contributed by atoms with Gasteiger partial charge in [0.15, 0.2) is 0 Å². The lowest BCUT2D eigenvalue weighted by Gasteiger charge is -2.12. The molecule has 310 valence electrons. The molecule has 0 aromatic heterocycles. The number of hydrogen-bond acceptors (Lipinski definition) is 5. The normalized spacial score (nSPS) is 11.5. The molecule has 0 aromatic carbocycles. The van der Waals surface area contributed by atoms with Gasteiger partial charge >= 0.3 is 11.9 Å². The fourth-order valence-corrected chi connectivity index (χ4v) is 7.27. The molecule has 0 atom stereocenters. The van der Waals surface area contributed by atoms with Crippen molar-refractivity contribution in [2.45, 2.75) is 277 Å². The predicted molar refractivity (Wildman–Crippen MR) is 224 cm³/mol. The van der Waals surface area contributed by atoms with Crippen LogP contribution in [0.3, 0.4) is 0 Å². The zero-order valence-corrected chi connectivity index (χ0v) is 35.4. The van der Waals surface area contributed by atoms with Crippen LogP contribution in [0.5, 0.6) is 0 Å². The van der Waals surface area contributed by atoms with Crippen molar-refractivity contribution in [1.29, 1.82) is 0 Å². The Labute approximate surface area is 325 Å². The summed E-state index contributed by atoms with van der Waals surface area (Å²) in [6, 6.07) is 0. The highest BCUT2D eigenvalue weighted by Gasteiger charge is 2.12. The molecule has 0 rings (SSSR count). The number of rotatable bonds is 44. The number of esters is 2. The van der Waals surface area contributed by atoms with E-state index < -0.39 is 6.10 Å². The molecule has 0 fully saturated rings. The Bertz CT molecular complexity index is 652. The summed E-state index contributed by atoms with van der Waals surface area (Å²) in [6.07, 6.45) is 50.4. The second kappa shape index (κ2) is 44.3. The summed E-state index contributed by atoms with van der Waals surface area (Å²) in [5.41, 5.74) is 0. The van der Waals surface area contributed by atoms with Crippen LogP contribution in [0.2, 0.25) is 0 Å². The first kappa shape index (κ1) is 50.9. The van der Waals surface area contributed by atoms with Gasteiger partial charge in [0, 0.05) is 12.8 Å². The minimum absolute atomic E-state index is 0.107. The van der Waals surface area contributed by atoms with Gasteiger partial charge in [0.25, 0.3) is 0 Å². The molecule has 1 N–H and O–H groups in total. The molecule has 0 spiro atoms. The maximum absolute atomic E-state index is 12.0. The van der Waals surface area contributed by atoms with Gasteiger partial charge in [0.05, 0.1) is 0 Å². The standard InChI is InChI=1S/C47H92O5/c1-3-5-7-9-11-13-15-17-19-21-23-25-27-29-31-33-35-37-39-41-46(49)51-43-45(48)44-52-47(50)42-40-38-36-34-32-30-28-26-24-22-20-18-16-14-12-10-8-6-4-2/h45,48H,3-44H2,1-2H3. The first-order valence-electron chi connectivity index (χ1n) is 23.6. The summed E-state index contributed by atoms with van der Waals surface area (Å²) in [7, 11) is 0. The zero-order chi connectivity index (χ0) is 37.8. The van der Waals surface area contributed by atoms with Crippen LogP contribution in [0.1, 0.15) is 271 Å². The molecule has 0 bridgehead atoms. The van der Waals surface area contributed by atoms with Crippen molar-refractivity contribution in [2.24, 2.45) is 0 Å². The second-order valence-corrected chi connectivity index (χ2v) is 16.2. The third-order valence-electron chi connectivity index (χ3n) is 10.8. The number of carbonyl (C=O) groups is 2. The van der Waals surface area contributed by atoms with Crippen molar-refractivity contribution in [1.82, 2.24) is 0 Å². The molecule has 0 amide bonds. The largest absolute Gasteiger partial charge is 0.463 e. The van der Waals surface area contributed by atoms with Crippen LogP contribution >= 0.6 is 0 Å². The molecular weight excluding hydrogens is 645 g/mol. The summed E-state index contributed by atoms with van der Waals surface area (Å²) in [5, 5.41) is 10.1. The van der Waals surface area contributed by atoms with E-state index in [4.69, 9.17) is 9.47 Å². The fourth-order valence-electron chi connectivity index (χ4n) is 7.27. The number of hydrogen-bond donors (Lipinski definition) is 1. The van der Waals surface area contributed by atoms with Crippen molar-refractivity contribution in [3.8, 4) is 0 Å². The van der Waals surface area contributed by atoms with E-state index in [1.807, 2.05) is 0 Å². The van der Waals surface area contributed by atoms with Crippen molar-refractivity contribution in [3.63, 3.8) is 0 Å². The molecule has 0 unspecified atom stereocenters. The third kappa shape index (κ3) is 43.3. The van der Waals surface area contributed by atoms with Gasteiger partial charge in [-0.3, -0.25) is 9.59 Å². The summed E-state index contributed by atoms with van der Waals surface area (Å²) in [5.74, 6) is -0.544. The molecule has 5 nitrogen and oxygen atoms in total. The molecule has 0 aliphatic heterocycles. The van der Waals surface area contributed by atoms with Crippen LogP contribution in [0.25, 0.3) is 0 Å². The number of carbonyl (C=O) groups excluding carboxylic acids is 2. The molecule has 0 aromatic rings. The number of aliphatic hydroxyl groups is 1. The Hall–Kier alpha value is -1.10. The monoisotopic (exact) mass is 737 g/mol. The van der Waals surface area contributed by atoms with Crippen molar-refractivity contribution < 1.29 is 24.2 Å². The van der Waals surface area contributed by atoms with Crippen molar-refractivity contribution in [3.05, 3.63) is 0 Å². The van der Waals surface area contributed by atoms with Gasteiger partial charge < -0.3 is 14.6 Å². The zero-order valence-electron chi connectivity index (χ0n) is 35.4. The van der Waals surface area contributed by atoms with Crippen molar-refractivity contribution in [2.75, 3.05) is 13.2 Å². The van der Waals surface area contributed by atoms with E-state index in [1.165, 1.54) is 218 Å². The van der Waals surface area contributed by atoms with Crippen molar-refractivity contribution >= 4 is 11.9 Å². The average Bonchev–Trinajstić information content (AvgIpc) is 3.15. The highest BCUT2D eigenvalue weighted by atomic mass is 16.6. The fraction of sp³-hybridized carbons (Fsp3) is 0.957. The Kier molecular flexibility index (Phi) is 43.4. The minimum Gasteiger partial charge on any atom is -0.463 e. The quantitative estimate of drug-likeness (QED) is 0.0498. The maximum atomic E-state index is 12.0. The van der Waals surface area contributed by atoms with E-state index in [1.54, 1.807) is 0 Å². The van der Waals surface area contributed by atoms with Crippen LogP contribution in [0.4, 0.5) is 0 Å². The lowest BCUT2D eigenvalue weighted by Crippen LogP contribution is -2.25. The van der Waals surface area contributed by atoms with Gasteiger partial charge in [-0.2, -0.15) is 0 Å². The Morgan fingerprint density at radius 3 is 0.692 bits per heavy atom. The number of unbranched alkanes of at least 4 members (excludes halogenated alkanes) is 36. The number of ether oxygens (including phenoxy) is 2. The van der Waals surface area contributed by atoms with E-state index in [2.05, 4.69) is 13.8 Å². The molecule has 0 saturated heterocycles. The molecule has 0 radical (unpaired) electrons. The highest BCUT2D eigenvalue weighted by molar-refractivity contribution is 5.69. The number of aliphatic hydroxyl groups excluding tert-OH is 1. The van der Waals surface area contributed by atoms with E-state index in [0.717, 1.165) is 25.7 Å². The van der Waals surface area contributed by atoms with E-state index in [-0.39, 0.29) is 25.2 Å². The molecule has 5 heteroatoms. The summed E-state index contributed by atoms with van der Waals surface area (Å²) >= 11 is 0. The molecule has 52 heavy (non-hydrogen) atoms. The van der Waals surface area contributed by atoms with Gasteiger partial charge in [-0.15, -0.1) is 0 Å². The molecule has 0 aliphatic rings. The molecule has 0 aliphatic carbocycles. The highest BCUT2D eigenvalue weighted by Crippen LogP contribution is 2.17. The average molecular weight is 737 g/mol. The smallest absolute Gasteiger partial charge is 0.305 e. The minimum atomic E-state index is -0.955. The van der Waals surface area contributed by atoms with Crippen LogP contribution < -0.4 is 0 Å². The summed E-state index contributed by atoms with van der Waals surface area (Å²) in [6.45, 7) is 4.35. The maximum Gasteiger partial charge on any atom is 0.305 e. The van der Waals surface area contributed by atoms with Gasteiger partial charge in [0.1, 0.15) is 19.3 Å². The topological polar surface area (TPSA) is 72.8 Å². The Balaban J connectivity index is 3.34. The third-order valence-corrected chi connectivity index (χ3v) is 10.8. The van der Waals surface area contributed by atoms with E-state index >= 15 is 0 Å². The van der Waals surface area contributed by atoms with Gasteiger partial charge in [0.2, 0.25) is 0 Å². The second-order valence-electron chi connectivity index (χ2n) is 16.2. The molecule has 0 heterocycles. The van der Waals surface area contributed by atoms with Crippen LogP contribution in [-0.2, 0) is 19.1 Å². The van der Waals surface area contributed by atoms with E-state index in [9.17, 15) is 14.7 Å². The molecule has 0 saturated carbocycles. The Morgan fingerprint density at radius 1 is 0.327 bits per heavy atom. The SMILES string of the molecule is CCCCCCCCCCCCCCCCCCCCCC(=O)OCC(O)COC(=O)CCCCCCCCCCCCCCCCCCCCC.